The molecule has 1 atom stereocenters. The highest BCUT2D eigenvalue weighted by Gasteiger charge is 2.30. The summed E-state index contributed by atoms with van der Waals surface area (Å²) >= 11 is 0. The number of nitrogens with zero attached hydrogens (tertiary/aromatic N) is 3. The number of anilines is 1. The van der Waals surface area contributed by atoms with Gasteiger partial charge in [-0.25, -0.2) is 9.78 Å². The summed E-state index contributed by atoms with van der Waals surface area (Å²) in [5, 5.41) is 0. The van der Waals surface area contributed by atoms with Crippen molar-refractivity contribution in [3.05, 3.63) is 23.4 Å². The highest BCUT2D eigenvalue weighted by molar-refractivity contribution is 5.68. The van der Waals surface area contributed by atoms with Gasteiger partial charge in [0.2, 0.25) is 0 Å². The topological polar surface area (TPSA) is 45.7 Å². The zero-order valence-corrected chi connectivity index (χ0v) is 14.5. The van der Waals surface area contributed by atoms with Gasteiger partial charge in [-0.05, 0) is 52.7 Å². The molecule has 5 heteroatoms. The fraction of sp³-hybridized carbons (Fsp3) is 0.647. The molecule has 1 fully saturated rings. The van der Waals surface area contributed by atoms with Crippen LogP contribution in [0.4, 0.5) is 10.6 Å². The second kappa shape index (κ2) is 6.15. The SMILES string of the molecule is Cc1cnc(N2CCN(C(=O)OC(C)(C)C)C[C@H]2C)c(C)c1. The third kappa shape index (κ3) is 3.90. The molecule has 0 aliphatic carbocycles. The number of aryl methyl sites for hydroxylation is 2. The van der Waals surface area contributed by atoms with Crippen LogP contribution in [0.15, 0.2) is 12.3 Å². The molecule has 1 aliphatic rings. The fourth-order valence-electron chi connectivity index (χ4n) is 2.77. The number of hydrogen-bond acceptors (Lipinski definition) is 4. The molecule has 2 heterocycles. The Hall–Kier alpha value is -1.78. The van der Waals surface area contributed by atoms with Crippen molar-refractivity contribution in [2.24, 2.45) is 0 Å². The molecule has 0 spiro atoms. The van der Waals surface area contributed by atoms with E-state index >= 15 is 0 Å². The van der Waals surface area contributed by atoms with Crippen molar-refractivity contribution in [3.63, 3.8) is 0 Å². The number of pyridine rings is 1. The number of carbonyl (C=O) groups excluding carboxylic acids is 1. The van der Waals surface area contributed by atoms with Crippen LogP contribution in [0, 0.1) is 13.8 Å². The van der Waals surface area contributed by atoms with Crippen molar-refractivity contribution < 1.29 is 9.53 Å². The number of ether oxygens (including phenoxy) is 1. The average molecular weight is 305 g/mol. The minimum atomic E-state index is -0.452. The Kier molecular flexibility index (Phi) is 4.63. The van der Waals surface area contributed by atoms with Crippen LogP contribution >= 0.6 is 0 Å². The molecule has 22 heavy (non-hydrogen) atoms. The zero-order valence-electron chi connectivity index (χ0n) is 14.5. The van der Waals surface area contributed by atoms with Gasteiger partial charge in [0.05, 0.1) is 0 Å². The predicted octanol–water partition coefficient (Wildman–Crippen LogP) is 3.14. The van der Waals surface area contributed by atoms with E-state index in [9.17, 15) is 4.79 Å². The molecule has 5 nitrogen and oxygen atoms in total. The minimum Gasteiger partial charge on any atom is -0.444 e. The Bertz CT molecular complexity index is 551. The molecule has 0 aromatic carbocycles. The first-order chi connectivity index (χ1) is 10.2. The Balaban J connectivity index is 2.05. The summed E-state index contributed by atoms with van der Waals surface area (Å²) in [5.74, 6) is 1.02. The summed E-state index contributed by atoms with van der Waals surface area (Å²) in [4.78, 5) is 20.8. The van der Waals surface area contributed by atoms with E-state index in [1.54, 1.807) is 4.90 Å². The first-order valence-corrected chi connectivity index (χ1v) is 7.85. The smallest absolute Gasteiger partial charge is 0.410 e. The minimum absolute atomic E-state index is 0.218. The third-order valence-electron chi connectivity index (χ3n) is 3.74. The second-order valence-electron chi connectivity index (χ2n) is 7.12. The molecule has 0 bridgehead atoms. The van der Waals surface area contributed by atoms with Gasteiger partial charge in [-0.15, -0.1) is 0 Å². The Morgan fingerprint density at radius 2 is 2.00 bits per heavy atom. The van der Waals surface area contributed by atoms with Crippen LogP contribution in [0.2, 0.25) is 0 Å². The van der Waals surface area contributed by atoms with E-state index in [1.807, 2.05) is 33.9 Å². The van der Waals surface area contributed by atoms with Crippen LogP contribution in [0.1, 0.15) is 38.8 Å². The summed E-state index contributed by atoms with van der Waals surface area (Å²) in [7, 11) is 0. The van der Waals surface area contributed by atoms with Crippen LogP contribution < -0.4 is 4.90 Å². The van der Waals surface area contributed by atoms with Crippen molar-refractivity contribution in [2.75, 3.05) is 24.5 Å². The van der Waals surface area contributed by atoms with E-state index in [0.717, 1.165) is 12.4 Å². The lowest BCUT2D eigenvalue weighted by Crippen LogP contribution is -2.55. The molecule has 122 valence electrons. The highest BCUT2D eigenvalue weighted by Crippen LogP contribution is 2.23. The van der Waals surface area contributed by atoms with Crippen LogP contribution in [0.5, 0.6) is 0 Å². The molecule has 0 saturated carbocycles. The lowest BCUT2D eigenvalue weighted by Gasteiger charge is -2.41. The normalized spacial score (nSPS) is 19.3. The Labute approximate surface area is 133 Å². The van der Waals surface area contributed by atoms with Gasteiger partial charge in [0.25, 0.3) is 0 Å². The van der Waals surface area contributed by atoms with E-state index in [-0.39, 0.29) is 12.1 Å². The highest BCUT2D eigenvalue weighted by atomic mass is 16.6. The maximum atomic E-state index is 12.2. The van der Waals surface area contributed by atoms with E-state index in [4.69, 9.17) is 4.74 Å². The third-order valence-corrected chi connectivity index (χ3v) is 3.74. The van der Waals surface area contributed by atoms with Gasteiger partial charge in [-0.1, -0.05) is 6.07 Å². The molecule has 2 rings (SSSR count). The van der Waals surface area contributed by atoms with Gasteiger partial charge in [0.1, 0.15) is 11.4 Å². The maximum Gasteiger partial charge on any atom is 0.410 e. The summed E-state index contributed by atoms with van der Waals surface area (Å²) < 4.78 is 5.46. The van der Waals surface area contributed by atoms with E-state index in [2.05, 4.69) is 29.8 Å². The Morgan fingerprint density at radius 1 is 1.32 bits per heavy atom. The molecular formula is C17H27N3O2. The number of carbonyl (C=O) groups is 1. The molecule has 1 aromatic rings. The van der Waals surface area contributed by atoms with Gasteiger partial charge < -0.3 is 14.5 Å². The Morgan fingerprint density at radius 3 is 2.55 bits per heavy atom. The van der Waals surface area contributed by atoms with Gasteiger partial charge in [-0.3, -0.25) is 0 Å². The van der Waals surface area contributed by atoms with Crippen LogP contribution in [0.3, 0.4) is 0 Å². The molecule has 1 aromatic heterocycles. The zero-order chi connectivity index (χ0) is 16.5. The van der Waals surface area contributed by atoms with Crippen molar-refractivity contribution >= 4 is 11.9 Å². The van der Waals surface area contributed by atoms with Crippen LogP contribution in [-0.2, 0) is 4.74 Å². The first kappa shape index (κ1) is 16.6. The fourth-order valence-corrected chi connectivity index (χ4v) is 2.77. The molecule has 1 saturated heterocycles. The number of piperazine rings is 1. The molecule has 1 aliphatic heterocycles. The summed E-state index contributed by atoms with van der Waals surface area (Å²) in [6.07, 6.45) is 1.67. The van der Waals surface area contributed by atoms with Crippen molar-refractivity contribution in [1.29, 1.82) is 0 Å². The van der Waals surface area contributed by atoms with E-state index in [1.165, 1.54) is 11.1 Å². The number of aromatic nitrogens is 1. The van der Waals surface area contributed by atoms with Crippen LogP contribution in [0.25, 0.3) is 0 Å². The van der Waals surface area contributed by atoms with Gasteiger partial charge in [0, 0.05) is 31.9 Å². The molecular weight excluding hydrogens is 278 g/mol. The lowest BCUT2D eigenvalue weighted by molar-refractivity contribution is 0.0218. The molecule has 1 amide bonds. The van der Waals surface area contributed by atoms with Crippen molar-refractivity contribution in [2.45, 2.75) is 53.2 Å². The largest absolute Gasteiger partial charge is 0.444 e. The monoisotopic (exact) mass is 305 g/mol. The standard InChI is InChI=1S/C17H27N3O2/c1-12-9-13(2)15(18-10-12)20-8-7-19(11-14(20)3)16(21)22-17(4,5)6/h9-10,14H,7-8,11H2,1-6H3/t14-/m1/s1. The van der Waals surface area contributed by atoms with E-state index in [0.29, 0.717) is 13.1 Å². The van der Waals surface area contributed by atoms with Gasteiger partial charge in [-0.2, -0.15) is 0 Å². The number of rotatable bonds is 1. The molecule has 0 radical (unpaired) electrons. The number of hydrogen-bond donors (Lipinski definition) is 0. The van der Waals surface area contributed by atoms with E-state index < -0.39 is 5.60 Å². The van der Waals surface area contributed by atoms with Crippen molar-refractivity contribution in [1.82, 2.24) is 9.88 Å². The number of amides is 1. The van der Waals surface area contributed by atoms with Gasteiger partial charge >= 0.3 is 6.09 Å². The molecule has 0 unspecified atom stereocenters. The average Bonchev–Trinajstić information content (AvgIpc) is 2.37. The lowest BCUT2D eigenvalue weighted by atomic mass is 10.1. The quantitative estimate of drug-likeness (QED) is 0.799. The predicted molar refractivity (Wildman–Crippen MR) is 88.3 cm³/mol. The van der Waals surface area contributed by atoms with Crippen molar-refractivity contribution in [3.8, 4) is 0 Å². The second-order valence-corrected chi connectivity index (χ2v) is 7.12. The van der Waals surface area contributed by atoms with Crippen LogP contribution in [-0.4, -0.2) is 47.3 Å². The maximum absolute atomic E-state index is 12.2. The summed E-state index contributed by atoms with van der Waals surface area (Å²) in [6, 6.07) is 2.37. The molecule has 0 N–H and O–H groups in total. The van der Waals surface area contributed by atoms with Gasteiger partial charge in [0.15, 0.2) is 0 Å². The summed E-state index contributed by atoms with van der Waals surface area (Å²) in [5.41, 5.74) is 1.89. The first-order valence-electron chi connectivity index (χ1n) is 7.85. The summed E-state index contributed by atoms with van der Waals surface area (Å²) in [6.45, 7) is 14.0.